The number of carbonyl (C=O) groups excluding carboxylic acids is 2. The predicted octanol–water partition coefficient (Wildman–Crippen LogP) is 2.66. The Hall–Kier alpha value is -2.87. The van der Waals surface area contributed by atoms with Gasteiger partial charge >= 0.3 is 6.09 Å². The highest BCUT2D eigenvalue weighted by atomic mass is 35.5. The smallest absolute Gasteiger partial charge is 0.409 e. The summed E-state index contributed by atoms with van der Waals surface area (Å²) in [5.74, 6) is 0.0854. The Morgan fingerprint density at radius 1 is 1.19 bits per heavy atom. The van der Waals surface area contributed by atoms with Crippen LogP contribution >= 0.6 is 11.6 Å². The molecule has 0 radical (unpaired) electrons. The summed E-state index contributed by atoms with van der Waals surface area (Å²) in [7, 11) is 0. The third-order valence-electron chi connectivity index (χ3n) is 4.09. The maximum Gasteiger partial charge on any atom is 0.409 e. The molecule has 1 fully saturated rings. The standard InChI is InChI=1S/C18H20ClN5O3/c1-2-27-18(26)24-11-9-23(10-12-24)17-20-8-7-15(22-17)16(25)21-14-6-4-3-5-13(14)19/h3-8H,2,9-12H2,1H3,(H,21,25). The van der Waals surface area contributed by atoms with Gasteiger partial charge in [-0.1, -0.05) is 23.7 Å². The average molecular weight is 390 g/mol. The number of nitrogens with one attached hydrogen (secondary N) is 1. The van der Waals surface area contributed by atoms with Gasteiger partial charge in [-0.3, -0.25) is 4.79 Å². The van der Waals surface area contributed by atoms with Crippen molar-refractivity contribution in [1.29, 1.82) is 0 Å². The quantitative estimate of drug-likeness (QED) is 0.864. The highest BCUT2D eigenvalue weighted by molar-refractivity contribution is 6.33. The summed E-state index contributed by atoms with van der Waals surface area (Å²) in [5, 5.41) is 3.20. The van der Waals surface area contributed by atoms with E-state index >= 15 is 0 Å². The van der Waals surface area contributed by atoms with E-state index in [-0.39, 0.29) is 17.7 Å². The lowest BCUT2D eigenvalue weighted by atomic mass is 10.3. The number of hydrogen-bond acceptors (Lipinski definition) is 6. The molecular formula is C18H20ClN5O3. The molecule has 0 aliphatic carbocycles. The van der Waals surface area contributed by atoms with Crippen LogP contribution in [0.5, 0.6) is 0 Å². The lowest BCUT2D eigenvalue weighted by Gasteiger charge is -2.34. The Balaban J connectivity index is 1.65. The SMILES string of the molecule is CCOC(=O)N1CCN(c2nccc(C(=O)Nc3ccccc3Cl)n2)CC1. The normalized spacial score (nSPS) is 14.0. The average Bonchev–Trinajstić information content (AvgIpc) is 2.70. The predicted molar refractivity (Wildman–Crippen MR) is 102 cm³/mol. The molecular weight excluding hydrogens is 370 g/mol. The van der Waals surface area contributed by atoms with Crippen LogP contribution in [0, 0.1) is 0 Å². The van der Waals surface area contributed by atoms with Crippen LogP contribution in [-0.4, -0.2) is 59.7 Å². The van der Waals surface area contributed by atoms with E-state index in [0.29, 0.717) is 49.4 Å². The van der Waals surface area contributed by atoms with Crippen molar-refractivity contribution in [3.8, 4) is 0 Å². The minimum atomic E-state index is -0.364. The summed E-state index contributed by atoms with van der Waals surface area (Å²) in [6.45, 7) is 4.28. The molecule has 1 aromatic heterocycles. The van der Waals surface area contributed by atoms with Gasteiger partial charge < -0.3 is 19.9 Å². The molecule has 8 nitrogen and oxygen atoms in total. The van der Waals surface area contributed by atoms with E-state index in [1.165, 1.54) is 0 Å². The highest BCUT2D eigenvalue weighted by Crippen LogP contribution is 2.21. The van der Waals surface area contributed by atoms with Crippen LogP contribution < -0.4 is 10.2 Å². The van der Waals surface area contributed by atoms with Crippen LogP contribution in [-0.2, 0) is 4.74 Å². The monoisotopic (exact) mass is 389 g/mol. The van der Waals surface area contributed by atoms with E-state index in [2.05, 4.69) is 15.3 Å². The first kappa shape index (κ1) is 18.9. The van der Waals surface area contributed by atoms with E-state index in [4.69, 9.17) is 16.3 Å². The van der Waals surface area contributed by atoms with E-state index < -0.39 is 0 Å². The van der Waals surface area contributed by atoms with Gasteiger partial charge in [0.1, 0.15) is 5.69 Å². The Morgan fingerprint density at radius 2 is 1.93 bits per heavy atom. The van der Waals surface area contributed by atoms with E-state index in [1.54, 1.807) is 48.4 Å². The van der Waals surface area contributed by atoms with Crippen molar-refractivity contribution in [1.82, 2.24) is 14.9 Å². The maximum absolute atomic E-state index is 12.5. The molecule has 0 unspecified atom stereocenters. The molecule has 1 aliphatic heterocycles. The number of carbonyl (C=O) groups is 2. The molecule has 0 spiro atoms. The molecule has 142 valence electrons. The third-order valence-corrected chi connectivity index (χ3v) is 4.42. The number of benzene rings is 1. The van der Waals surface area contributed by atoms with Crippen LogP contribution in [0.15, 0.2) is 36.5 Å². The second-order valence-corrected chi connectivity index (χ2v) is 6.26. The molecule has 2 aromatic rings. The van der Waals surface area contributed by atoms with Crippen molar-refractivity contribution in [2.24, 2.45) is 0 Å². The molecule has 1 aliphatic rings. The molecule has 0 saturated carbocycles. The number of rotatable bonds is 4. The Morgan fingerprint density at radius 3 is 2.63 bits per heavy atom. The van der Waals surface area contributed by atoms with Crippen LogP contribution in [0.4, 0.5) is 16.4 Å². The fourth-order valence-corrected chi connectivity index (χ4v) is 2.86. The number of aromatic nitrogens is 2. The summed E-state index contributed by atoms with van der Waals surface area (Å²) in [5.41, 5.74) is 0.764. The summed E-state index contributed by atoms with van der Waals surface area (Å²) in [4.78, 5) is 36.4. The Bertz CT molecular complexity index is 824. The molecule has 9 heteroatoms. The van der Waals surface area contributed by atoms with Gasteiger partial charge in [-0.05, 0) is 25.1 Å². The van der Waals surface area contributed by atoms with Crippen molar-refractivity contribution in [3.05, 3.63) is 47.2 Å². The molecule has 1 saturated heterocycles. The molecule has 3 rings (SSSR count). The van der Waals surface area contributed by atoms with Gasteiger partial charge in [0.25, 0.3) is 5.91 Å². The van der Waals surface area contributed by atoms with Gasteiger partial charge in [0.15, 0.2) is 0 Å². The van der Waals surface area contributed by atoms with E-state index in [1.807, 2.05) is 4.90 Å². The van der Waals surface area contributed by atoms with Crippen molar-refractivity contribution >= 4 is 35.2 Å². The molecule has 0 bridgehead atoms. The number of hydrogen-bond donors (Lipinski definition) is 1. The zero-order valence-corrected chi connectivity index (χ0v) is 15.6. The topological polar surface area (TPSA) is 87.7 Å². The first-order valence-electron chi connectivity index (χ1n) is 8.64. The molecule has 1 N–H and O–H groups in total. The number of nitrogens with zero attached hydrogens (tertiary/aromatic N) is 4. The molecule has 27 heavy (non-hydrogen) atoms. The van der Waals surface area contributed by atoms with Gasteiger partial charge in [-0.15, -0.1) is 0 Å². The van der Waals surface area contributed by atoms with Gasteiger partial charge in [0, 0.05) is 32.4 Å². The fourth-order valence-electron chi connectivity index (χ4n) is 2.68. The summed E-state index contributed by atoms with van der Waals surface area (Å²) in [6.07, 6.45) is 1.23. The molecule has 2 heterocycles. The molecule has 2 amide bonds. The minimum Gasteiger partial charge on any atom is -0.450 e. The van der Waals surface area contributed by atoms with Crippen LogP contribution in [0.2, 0.25) is 5.02 Å². The van der Waals surface area contributed by atoms with Crippen LogP contribution in [0.3, 0.4) is 0 Å². The first-order chi connectivity index (χ1) is 13.1. The van der Waals surface area contributed by atoms with Crippen LogP contribution in [0.1, 0.15) is 17.4 Å². The highest BCUT2D eigenvalue weighted by Gasteiger charge is 2.24. The van der Waals surface area contributed by atoms with Crippen LogP contribution in [0.25, 0.3) is 0 Å². The number of para-hydroxylation sites is 1. The zero-order valence-electron chi connectivity index (χ0n) is 14.9. The lowest BCUT2D eigenvalue weighted by Crippen LogP contribution is -2.49. The van der Waals surface area contributed by atoms with Gasteiger partial charge in [-0.2, -0.15) is 0 Å². The van der Waals surface area contributed by atoms with Gasteiger partial charge in [0.2, 0.25) is 5.95 Å². The second-order valence-electron chi connectivity index (χ2n) is 5.85. The number of anilines is 2. The molecule has 1 aromatic carbocycles. The first-order valence-corrected chi connectivity index (χ1v) is 9.02. The summed E-state index contributed by atoms with van der Waals surface area (Å²) >= 11 is 6.07. The largest absolute Gasteiger partial charge is 0.450 e. The lowest BCUT2D eigenvalue weighted by molar-refractivity contribution is 0.102. The van der Waals surface area contributed by atoms with Crippen molar-refractivity contribution in [2.45, 2.75) is 6.92 Å². The Labute approximate surface area is 162 Å². The minimum absolute atomic E-state index is 0.243. The fraction of sp³-hybridized carbons (Fsp3) is 0.333. The van der Waals surface area contributed by atoms with E-state index in [9.17, 15) is 9.59 Å². The maximum atomic E-state index is 12.5. The number of ether oxygens (including phenoxy) is 1. The zero-order chi connectivity index (χ0) is 19.2. The van der Waals surface area contributed by atoms with Gasteiger partial charge in [0.05, 0.1) is 17.3 Å². The number of piperazine rings is 1. The number of amides is 2. The van der Waals surface area contributed by atoms with Crippen molar-refractivity contribution < 1.29 is 14.3 Å². The number of halogens is 1. The van der Waals surface area contributed by atoms with E-state index in [0.717, 1.165) is 0 Å². The summed E-state index contributed by atoms with van der Waals surface area (Å²) < 4.78 is 5.01. The van der Waals surface area contributed by atoms with Gasteiger partial charge in [-0.25, -0.2) is 14.8 Å². The summed E-state index contributed by atoms with van der Waals surface area (Å²) in [6, 6.07) is 8.54. The molecule has 0 atom stereocenters. The van der Waals surface area contributed by atoms with Crippen molar-refractivity contribution in [2.75, 3.05) is 43.0 Å². The second kappa shape index (κ2) is 8.68. The third kappa shape index (κ3) is 4.65. The van der Waals surface area contributed by atoms with Crippen molar-refractivity contribution in [3.63, 3.8) is 0 Å². The Kier molecular flexibility index (Phi) is 6.08.